The van der Waals surface area contributed by atoms with Gasteiger partial charge in [0.05, 0.1) is 11.9 Å². The Balaban J connectivity index is 1.99. The molecule has 0 aromatic heterocycles. The summed E-state index contributed by atoms with van der Waals surface area (Å²) in [6, 6.07) is 15.3. The van der Waals surface area contributed by atoms with Crippen LogP contribution < -0.4 is 14.9 Å². The summed E-state index contributed by atoms with van der Waals surface area (Å²) in [5, 5.41) is 6.70. The normalized spacial score (nSPS) is 11.0. The number of sulfonamides is 1. The Morgan fingerprint density at radius 3 is 2.54 bits per heavy atom. The highest BCUT2D eigenvalue weighted by atomic mass is 32.2. The van der Waals surface area contributed by atoms with Crippen LogP contribution in [0.25, 0.3) is 0 Å². The standard InChI is InChI=1S/C17H21N3O2S2/c1-13-6-4-7-14(10-13)12-18-17(23)19-15-8-5-9-16(11-15)20(2)24(3,21)22/h4-11H,12H2,1-3H3,(H2,18,19,23). The van der Waals surface area contributed by atoms with E-state index in [1.807, 2.05) is 31.2 Å². The third-order valence-electron chi connectivity index (χ3n) is 3.50. The Morgan fingerprint density at radius 1 is 1.17 bits per heavy atom. The molecule has 0 aliphatic rings. The van der Waals surface area contributed by atoms with Gasteiger partial charge in [0.15, 0.2) is 5.11 Å². The van der Waals surface area contributed by atoms with Gasteiger partial charge in [-0.1, -0.05) is 35.9 Å². The van der Waals surface area contributed by atoms with Gasteiger partial charge in [0.25, 0.3) is 0 Å². The summed E-state index contributed by atoms with van der Waals surface area (Å²) in [4.78, 5) is 0. The van der Waals surface area contributed by atoms with Gasteiger partial charge < -0.3 is 10.6 Å². The van der Waals surface area contributed by atoms with E-state index < -0.39 is 10.0 Å². The molecule has 0 heterocycles. The number of aryl methyl sites for hydroxylation is 1. The Kier molecular flexibility index (Phi) is 5.80. The van der Waals surface area contributed by atoms with Crippen LogP contribution in [0.15, 0.2) is 48.5 Å². The lowest BCUT2D eigenvalue weighted by molar-refractivity contribution is 0.600. The van der Waals surface area contributed by atoms with Crippen LogP contribution in [0, 0.1) is 6.92 Å². The Labute approximate surface area is 148 Å². The predicted molar refractivity (Wildman–Crippen MR) is 104 cm³/mol. The molecule has 0 aliphatic heterocycles. The molecule has 2 aromatic rings. The third kappa shape index (κ3) is 5.21. The molecule has 7 heteroatoms. The van der Waals surface area contributed by atoms with E-state index in [0.717, 1.165) is 11.3 Å². The molecule has 0 atom stereocenters. The van der Waals surface area contributed by atoms with E-state index in [1.165, 1.54) is 23.2 Å². The van der Waals surface area contributed by atoms with E-state index in [0.29, 0.717) is 17.3 Å². The van der Waals surface area contributed by atoms with Gasteiger partial charge in [0.1, 0.15) is 0 Å². The van der Waals surface area contributed by atoms with Crippen LogP contribution in [0.5, 0.6) is 0 Å². The topological polar surface area (TPSA) is 61.4 Å². The number of benzene rings is 2. The molecular weight excluding hydrogens is 342 g/mol. The number of hydrogen-bond donors (Lipinski definition) is 2. The summed E-state index contributed by atoms with van der Waals surface area (Å²) in [6.07, 6.45) is 1.17. The predicted octanol–water partition coefficient (Wildman–Crippen LogP) is 2.88. The number of hydrogen-bond acceptors (Lipinski definition) is 3. The van der Waals surface area contributed by atoms with Crippen LogP contribution in [-0.2, 0) is 16.6 Å². The van der Waals surface area contributed by atoms with Gasteiger partial charge in [-0.05, 0) is 42.9 Å². The quantitative estimate of drug-likeness (QED) is 0.800. The van der Waals surface area contributed by atoms with Crippen LogP contribution in [0.1, 0.15) is 11.1 Å². The fraction of sp³-hybridized carbons (Fsp3) is 0.235. The number of rotatable bonds is 5. The molecule has 0 fully saturated rings. The molecular formula is C17H21N3O2S2. The van der Waals surface area contributed by atoms with Crippen LogP contribution >= 0.6 is 12.2 Å². The first kappa shape index (κ1) is 18.2. The highest BCUT2D eigenvalue weighted by Gasteiger charge is 2.12. The molecule has 24 heavy (non-hydrogen) atoms. The third-order valence-corrected chi connectivity index (χ3v) is 4.95. The summed E-state index contributed by atoms with van der Waals surface area (Å²) in [7, 11) is -1.78. The maximum absolute atomic E-state index is 11.6. The highest BCUT2D eigenvalue weighted by Crippen LogP contribution is 2.20. The van der Waals surface area contributed by atoms with Gasteiger partial charge in [-0.3, -0.25) is 4.31 Å². The van der Waals surface area contributed by atoms with Crippen LogP contribution in [0.2, 0.25) is 0 Å². The molecule has 2 N–H and O–H groups in total. The maximum Gasteiger partial charge on any atom is 0.231 e. The van der Waals surface area contributed by atoms with Gasteiger partial charge in [0, 0.05) is 19.3 Å². The molecule has 0 bridgehead atoms. The average molecular weight is 364 g/mol. The zero-order valence-corrected chi connectivity index (χ0v) is 15.5. The molecule has 0 radical (unpaired) electrons. The van der Waals surface area contributed by atoms with Gasteiger partial charge >= 0.3 is 0 Å². The SMILES string of the molecule is Cc1cccc(CNC(=S)Nc2cccc(N(C)S(C)(=O)=O)c2)c1. The summed E-state index contributed by atoms with van der Waals surface area (Å²) in [5.74, 6) is 0. The van der Waals surface area contributed by atoms with E-state index >= 15 is 0 Å². The molecule has 0 aliphatic carbocycles. The molecule has 0 saturated heterocycles. The molecule has 0 saturated carbocycles. The van der Waals surface area contributed by atoms with Crippen molar-refractivity contribution in [1.82, 2.24) is 5.32 Å². The molecule has 2 aromatic carbocycles. The Bertz CT molecular complexity index is 835. The average Bonchev–Trinajstić information content (AvgIpc) is 2.52. The highest BCUT2D eigenvalue weighted by molar-refractivity contribution is 7.92. The first-order chi connectivity index (χ1) is 11.3. The Morgan fingerprint density at radius 2 is 1.88 bits per heavy atom. The minimum absolute atomic E-state index is 0.482. The van der Waals surface area contributed by atoms with Crippen molar-refractivity contribution in [1.29, 1.82) is 0 Å². The summed E-state index contributed by atoms with van der Waals surface area (Å²) >= 11 is 5.30. The molecule has 2 rings (SSSR count). The summed E-state index contributed by atoms with van der Waals surface area (Å²) in [6.45, 7) is 2.67. The van der Waals surface area contributed by atoms with Gasteiger partial charge in [0.2, 0.25) is 10.0 Å². The van der Waals surface area contributed by atoms with E-state index in [2.05, 4.69) is 16.7 Å². The van der Waals surface area contributed by atoms with Gasteiger partial charge in [-0.25, -0.2) is 8.42 Å². The van der Waals surface area contributed by atoms with E-state index in [1.54, 1.807) is 18.2 Å². The fourth-order valence-corrected chi connectivity index (χ4v) is 2.84. The number of thiocarbonyl (C=S) groups is 1. The van der Waals surface area contributed by atoms with E-state index in [9.17, 15) is 8.42 Å². The second kappa shape index (κ2) is 7.63. The summed E-state index contributed by atoms with van der Waals surface area (Å²) < 4.78 is 24.5. The van der Waals surface area contributed by atoms with Crippen molar-refractivity contribution in [2.45, 2.75) is 13.5 Å². The van der Waals surface area contributed by atoms with E-state index in [4.69, 9.17) is 12.2 Å². The van der Waals surface area contributed by atoms with Crippen LogP contribution in [0.4, 0.5) is 11.4 Å². The lowest BCUT2D eigenvalue weighted by Crippen LogP contribution is -2.28. The van der Waals surface area contributed by atoms with Crippen molar-refractivity contribution in [2.24, 2.45) is 0 Å². The zero-order valence-electron chi connectivity index (χ0n) is 13.9. The minimum Gasteiger partial charge on any atom is -0.358 e. The largest absolute Gasteiger partial charge is 0.358 e. The molecule has 128 valence electrons. The molecule has 5 nitrogen and oxygen atoms in total. The zero-order chi connectivity index (χ0) is 17.7. The van der Waals surface area contributed by atoms with Crippen molar-refractivity contribution >= 4 is 38.7 Å². The van der Waals surface area contributed by atoms with Crippen molar-refractivity contribution in [3.63, 3.8) is 0 Å². The van der Waals surface area contributed by atoms with E-state index in [-0.39, 0.29) is 0 Å². The minimum atomic E-state index is -3.29. The van der Waals surface area contributed by atoms with Crippen LogP contribution in [0.3, 0.4) is 0 Å². The molecule has 0 amide bonds. The van der Waals surface area contributed by atoms with Gasteiger partial charge in [-0.15, -0.1) is 0 Å². The Hall–Kier alpha value is -2.12. The second-order valence-corrected chi connectivity index (χ2v) is 8.00. The second-order valence-electron chi connectivity index (χ2n) is 5.58. The van der Waals surface area contributed by atoms with Crippen molar-refractivity contribution < 1.29 is 8.42 Å². The van der Waals surface area contributed by atoms with Crippen molar-refractivity contribution in [2.75, 3.05) is 22.9 Å². The van der Waals surface area contributed by atoms with Crippen LogP contribution in [-0.4, -0.2) is 26.8 Å². The maximum atomic E-state index is 11.6. The van der Waals surface area contributed by atoms with Crippen molar-refractivity contribution in [3.05, 3.63) is 59.7 Å². The van der Waals surface area contributed by atoms with Gasteiger partial charge in [-0.2, -0.15) is 0 Å². The molecule has 0 unspecified atom stereocenters. The summed E-state index contributed by atoms with van der Waals surface area (Å²) in [5.41, 5.74) is 3.64. The smallest absolute Gasteiger partial charge is 0.231 e. The molecule has 0 spiro atoms. The first-order valence-electron chi connectivity index (χ1n) is 7.40. The number of nitrogens with one attached hydrogen (secondary N) is 2. The lowest BCUT2D eigenvalue weighted by atomic mass is 10.1. The monoisotopic (exact) mass is 363 g/mol. The van der Waals surface area contributed by atoms with Crippen molar-refractivity contribution in [3.8, 4) is 0 Å². The lowest BCUT2D eigenvalue weighted by Gasteiger charge is -2.18. The number of nitrogens with zero attached hydrogens (tertiary/aromatic N) is 1. The fourth-order valence-electron chi connectivity index (χ4n) is 2.15. The first-order valence-corrected chi connectivity index (χ1v) is 9.66. The number of anilines is 2.